The maximum Gasteiger partial charge on any atom is 0.325 e. The van der Waals surface area contributed by atoms with E-state index >= 15 is 0 Å². The molecule has 6 heteroatoms. The minimum Gasteiger partial charge on any atom is -0.480 e. The van der Waals surface area contributed by atoms with Crippen molar-refractivity contribution in [3.8, 4) is 0 Å². The standard InChI is InChI=1S/C12H21N3O3/c1-9(11(16)17)13-12(18)15-7-3-6-14-5-2-4-10(14)8-15/h9-10H,2-8H2,1H3,(H,13,18)(H,16,17). The van der Waals surface area contributed by atoms with Gasteiger partial charge in [-0.2, -0.15) is 0 Å². The summed E-state index contributed by atoms with van der Waals surface area (Å²) < 4.78 is 0. The van der Waals surface area contributed by atoms with E-state index in [9.17, 15) is 9.59 Å². The van der Waals surface area contributed by atoms with Crippen LogP contribution in [0, 0.1) is 0 Å². The van der Waals surface area contributed by atoms with E-state index < -0.39 is 12.0 Å². The highest BCUT2D eigenvalue weighted by molar-refractivity contribution is 5.82. The van der Waals surface area contributed by atoms with Crippen molar-refractivity contribution in [2.45, 2.75) is 38.3 Å². The first-order valence-electron chi connectivity index (χ1n) is 6.60. The van der Waals surface area contributed by atoms with E-state index in [1.165, 1.54) is 13.3 Å². The van der Waals surface area contributed by atoms with Gasteiger partial charge in [0, 0.05) is 25.7 Å². The number of rotatable bonds is 2. The van der Waals surface area contributed by atoms with Crippen LogP contribution in [0.5, 0.6) is 0 Å². The third kappa shape index (κ3) is 2.93. The van der Waals surface area contributed by atoms with Crippen molar-refractivity contribution < 1.29 is 14.7 Å². The Hall–Kier alpha value is -1.30. The number of amides is 2. The quantitative estimate of drug-likeness (QED) is 0.746. The predicted octanol–water partition coefficient (Wildman–Crippen LogP) is 0.339. The summed E-state index contributed by atoms with van der Waals surface area (Å²) in [5.41, 5.74) is 0. The smallest absolute Gasteiger partial charge is 0.325 e. The molecule has 2 rings (SSSR count). The molecule has 0 aliphatic carbocycles. The third-order valence-electron chi connectivity index (χ3n) is 3.80. The maximum atomic E-state index is 12.0. The molecule has 2 amide bonds. The Morgan fingerprint density at radius 1 is 1.28 bits per heavy atom. The van der Waals surface area contributed by atoms with Crippen LogP contribution in [0.15, 0.2) is 0 Å². The highest BCUT2D eigenvalue weighted by atomic mass is 16.4. The highest BCUT2D eigenvalue weighted by Crippen LogP contribution is 2.21. The van der Waals surface area contributed by atoms with Gasteiger partial charge >= 0.3 is 12.0 Å². The Labute approximate surface area is 107 Å². The lowest BCUT2D eigenvalue weighted by molar-refractivity contribution is -0.138. The molecular formula is C12H21N3O3. The van der Waals surface area contributed by atoms with Crippen LogP contribution in [-0.4, -0.2) is 65.2 Å². The second kappa shape index (κ2) is 5.56. The fraction of sp³-hybridized carbons (Fsp3) is 0.833. The van der Waals surface area contributed by atoms with Crippen LogP contribution in [0.4, 0.5) is 4.79 Å². The van der Waals surface area contributed by atoms with Crippen molar-refractivity contribution in [1.82, 2.24) is 15.1 Å². The number of carboxylic acid groups (broad SMARTS) is 1. The van der Waals surface area contributed by atoms with Gasteiger partial charge in [-0.25, -0.2) is 4.79 Å². The van der Waals surface area contributed by atoms with Gasteiger partial charge in [-0.3, -0.25) is 9.69 Å². The Bertz CT molecular complexity index is 335. The molecule has 0 spiro atoms. The van der Waals surface area contributed by atoms with Crippen molar-refractivity contribution in [2.24, 2.45) is 0 Å². The van der Waals surface area contributed by atoms with Crippen molar-refractivity contribution in [1.29, 1.82) is 0 Å². The van der Waals surface area contributed by atoms with E-state index in [0.29, 0.717) is 12.6 Å². The Morgan fingerprint density at radius 2 is 2.00 bits per heavy atom. The lowest BCUT2D eigenvalue weighted by Crippen LogP contribution is -2.49. The average molecular weight is 255 g/mol. The molecule has 2 N–H and O–H groups in total. The summed E-state index contributed by atoms with van der Waals surface area (Å²) in [7, 11) is 0. The lowest BCUT2D eigenvalue weighted by atomic mass is 10.2. The van der Waals surface area contributed by atoms with E-state index in [2.05, 4.69) is 10.2 Å². The zero-order valence-corrected chi connectivity index (χ0v) is 10.8. The summed E-state index contributed by atoms with van der Waals surface area (Å²) in [5, 5.41) is 11.3. The van der Waals surface area contributed by atoms with Gasteiger partial charge in [0.05, 0.1) is 0 Å². The number of carbonyl (C=O) groups excluding carboxylic acids is 1. The minimum atomic E-state index is -0.999. The molecule has 102 valence electrons. The zero-order chi connectivity index (χ0) is 13.1. The van der Waals surface area contributed by atoms with Gasteiger partial charge in [-0.1, -0.05) is 0 Å². The van der Waals surface area contributed by atoms with Gasteiger partial charge in [-0.15, -0.1) is 0 Å². The van der Waals surface area contributed by atoms with Gasteiger partial charge in [-0.05, 0) is 32.7 Å². The van der Waals surface area contributed by atoms with Gasteiger partial charge in [0.15, 0.2) is 0 Å². The number of carbonyl (C=O) groups is 2. The number of hydrogen-bond acceptors (Lipinski definition) is 3. The Morgan fingerprint density at radius 3 is 2.72 bits per heavy atom. The number of nitrogens with one attached hydrogen (secondary N) is 1. The number of urea groups is 1. The number of nitrogens with zero attached hydrogens (tertiary/aromatic N) is 2. The van der Waals surface area contributed by atoms with Crippen LogP contribution < -0.4 is 5.32 Å². The van der Waals surface area contributed by atoms with Crippen molar-refractivity contribution in [2.75, 3.05) is 26.2 Å². The van der Waals surface area contributed by atoms with Gasteiger partial charge in [0.25, 0.3) is 0 Å². The molecule has 0 aromatic carbocycles. The molecule has 0 bridgehead atoms. The molecule has 2 saturated heterocycles. The molecule has 2 unspecified atom stereocenters. The van der Waals surface area contributed by atoms with Crippen molar-refractivity contribution in [3.63, 3.8) is 0 Å². The molecule has 0 radical (unpaired) electrons. The summed E-state index contributed by atoms with van der Waals surface area (Å²) in [5.74, 6) is -0.999. The highest BCUT2D eigenvalue weighted by Gasteiger charge is 2.31. The number of hydrogen-bond donors (Lipinski definition) is 2. The molecular weight excluding hydrogens is 234 g/mol. The Balaban J connectivity index is 1.91. The molecule has 2 heterocycles. The predicted molar refractivity (Wildman–Crippen MR) is 66.4 cm³/mol. The molecule has 2 fully saturated rings. The molecule has 2 aliphatic heterocycles. The van der Waals surface area contributed by atoms with Crippen LogP contribution in [0.25, 0.3) is 0 Å². The van der Waals surface area contributed by atoms with Gasteiger partial charge < -0.3 is 15.3 Å². The first kappa shape index (κ1) is 13.1. The SMILES string of the molecule is CC(NC(=O)N1CCCN2CCCC2C1)C(=O)O. The minimum absolute atomic E-state index is 0.251. The summed E-state index contributed by atoms with van der Waals surface area (Å²) >= 11 is 0. The first-order valence-corrected chi connectivity index (χ1v) is 6.60. The largest absolute Gasteiger partial charge is 0.480 e. The van der Waals surface area contributed by atoms with Crippen LogP contribution in [-0.2, 0) is 4.79 Å². The Kier molecular flexibility index (Phi) is 4.06. The molecule has 0 saturated carbocycles. The second-order valence-corrected chi connectivity index (χ2v) is 5.14. The normalized spacial score (nSPS) is 26.3. The second-order valence-electron chi connectivity index (χ2n) is 5.14. The first-order chi connectivity index (χ1) is 8.58. The molecule has 0 aromatic heterocycles. The van der Waals surface area contributed by atoms with Crippen LogP contribution in [0.3, 0.4) is 0 Å². The van der Waals surface area contributed by atoms with E-state index in [-0.39, 0.29) is 6.03 Å². The monoisotopic (exact) mass is 255 g/mol. The van der Waals surface area contributed by atoms with Gasteiger partial charge in [0.2, 0.25) is 0 Å². The van der Waals surface area contributed by atoms with E-state index in [1.807, 2.05) is 0 Å². The van der Waals surface area contributed by atoms with Crippen molar-refractivity contribution in [3.05, 3.63) is 0 Å². The maximum absolute atomic E-state index is 12.0. The van der Waals surface area contributed by atoms with Gasteiger partial charge in [0.1, 0.15) is 6.04 Å². The van der Waals surface area contributed by atoms with E-state index in [0.717, 1.165) is 32.5 Å². The fourth-order valence-corrected chi connectivity index (χ4v) is 2.73. The van der Waals surface area contributed by atoms with Crippen LogP contribution >= 0.6 is 0 Å². The summed E-state index contributed by atoms with van der Waals surface area (Å²) in [4.78, 5) is 26.9. The molecule has 2 aliphatic rings. The molecule has 18 heavy (non-hydrogen) atoms. The van der Waals surface area contributed by atoms with Crippen LogP contribution in [0.2, 0.25) is 0 Å². The molecule has 2 atom stereocenters. The topological polar surface area (TPSA) is 72.9 Å². The summed E-state index contributed by atoms with van der Waals surface area (Å²) in [6, 6.07) is -0.627. The average Bonchev–Trinajstić information content (AvgIpc) is 2.66. The molecule has 0 aromatic rings. The number of aliphatic carboxylic acids is 1. The zero-order valence-electron chi connectivity index (χ0n) is 10.8. The summed E-state index contributed by atoms with van der Waals surface area (Å²) in [6.07, 6.45) is 3.30. The fourth-order valence-electron chi connectivity index (χ4n) is 2.73. The van der Waals surface area contributed by atoms with Crippen LogP contribution in [0.1, 0.15) is 26.2 Å². The third-order valence-corrected chi connectivity index (χ3v) is 3.80. The van der Waals surface area contributed by atoms with Crippen molar-refractivity contribution >= 4 is 12.0 Å². The number of carboxylic acids is 1. The van der Waals surface area contributed by atoms with E-state index in [1.54, 1.807) is 4.90 Å². The van der Waals surface area contributed by atoms with E-state index in [4.69, 9.17) is 5.11 Å². The number of fused-ring (bicyclic) bond motifs is 1. The summed E-state index contributed by atoms with van der Waals surface area (Å²) in [6.45, 7) is 5.10. The molecule has 6 nitrogen and oxygen atoms in total. The lowest BCUT2D eigenvalue weighted by Gasteiger charge is -2.26.